The van der Waals surface area contributed by atoms with Crippen LogP contribution in [-0.4, -0.2) is 34.3 Å². The van der Waals surface area contributed by atoms with Crippen LogP contribution in [0.2, 0.25) is 5.15 Å². The Balaban J connectivity index is 2.07. The Morgan fingerprint density at radius 3 is 2.59 bits per heavy atom. The lowest BCUT2D eigenvalue weighted by Crippen LogP contribution is -2.35. The Kier molecular flexibility index (Phi) is 7.19. The van der Waals surface area contributed by atoms with Gasteiger partial charge in [-0.2, -0.15) is 5.10 Å². The summed E-state index contributed by atoms with van der Waals surface area (Å²) in [4.78, 5) is 23.5. The Morgan fingerprint density at radius 1 is 1.30 bits per heavy atom. The maximum Gasteiger partial charge on any atom is 0.331 e. The third-order valence-electron chi connectivity index (χ3n) is 3.96. The number of likely N-dealkylation sites (N-methyl/N-ethyl adjacent to an activating group) is 1. The summed E-state index contributed by atoms with van der Waals surface area (Å²) in [7, 11) is 0. The van der Waals surface area contributed by atoms with E-state index in [0.717, 1.165) is 5.56 Å². The van der Waals surface area contributed by atoms with E-state index in [2.05, 4.69) is 10.4 Å². The molecular weight excluding hydrogens is 366 g/mol. The van der Waals surface area contributed by atoms with Crippen LogP contribution in [0.5, 0.6) is 0 Å². The lowest BCUT2D eigenvalue weighted by Gasteiger charge is -2.10. The highest BCUT2D eigenvalue weighted by Gasteiger charge is 2.16. The number of nitrogens with zero attached hydrogens (tertiary/aromatic N) is 2. The van der Waals surface area contributed by atoms with Gasteiger partial charge in [-0.3, -0.25) is 4.79 Å². The number of ether oxygens (including phenoxy) is 1. The van der Waals surface area contributed by atoms with Crippen molar-refractivity contribution in [3.8, 4) is 0 Å². The first kappa shape index (κ1) is 20.7. The number of halogens is 1. The molecule has 2 rings (SSSR count). The van der Waals surface area contributed by atoms with Gasteiger partial charge in [0, 0.05) is 18.2 Å². The molecule has 0 saturated carbocycles. The second kappa shape index (κ2) is 9.37. The molecule has 6 nitrogen and oxygen atoms in total. The number of hydrogen-bond acceptors (Lipinski definition) is 4. The molecule has 27 heavy (non-hydrogen) atoms. The second-order valence-corrected chi connectivity index (χ2v) is 6.60. The van der Waals surface area contributed by atoms with E-state index in [4.69, 9.17) is 16.3 Å². The van der Waals surface area contributed by atoms with Crippen molar-refractivity contribution >= 4 is 29.6 Å². The molecule has 0 spiro atoms. The zero-order valence-electron chi connectivity index (χ0n) is 16.0. The predicted molar refractivity (Wildman–Crippen MR) is 106 cm³/mol. The minimum atomic E-state index is -0.858. The van der Waals surface area contributed by atoms with E-state index >= 15 is 0 Å². The Bertz CT molecular complexity index is 841. The average Bonchev–Trinajstić information content (AvgIpc) is 2.88. The molecule has 1 atom stereocenters. The van der Waals surface area contributed by atoms with Crippen LogP contribution in [0.3, 0.4) is 0 Å². The number of benzene rings is 1. The average molecular weight is 390 g/mol. The van der Waals surface area contributed by atoms with E-state index in [9.17, 15) is 9.59 Å². The van der Waals surface area contributed by atoms with Gasteiger partial charge in [-0.05, 0) is 39.3 Å². The molecule has 2 aromatic rings. The molecule has 144 valence electrons. The third-order valence-corrected chi connectivity index (χ3v) is 4.36. The largest absolute Gasteiger partial charge is 0.449 e. The fourth-order valence-corrected chi connectivity index (χ4v) is 2.76. The van der Waals surface area contributed by atoms with Crippen molar-refractivity contribution in [1.29, 1.82) is 0 Å². The first-order valence-electron chi connectivity index (χ1n) is 8.76. The fourth-order valence-electron chi connectivity index (χ4n) is 2.46. The molecule has 1 aromatic heterocycles. The van der Waals surface area contributed by atoms with Crippen molar-refractivity contribution < 1.29 is 14.3 Å². The highest BCUT2D eigenvalue weighted by molar-refractivity contribution is 6.31. The number of carbonyl (C=O) groups is 2. The van der Waals surface area contributed by atoms with E-state index in [-0.39, 0.29) is 5.91 Å². The number of aryl methyl sites for hydroxylation is 2. The van der Waals surface area contributed by atoms with Crippen LogP contribution in [0.4, 0.5) is 0 Å². The molecule has 7 heteroatoms. The summed E-state index contributed by atoms with van der Waals surface area (Å²) in [5.74, 6) is -0.949. The zero-order chi connectivity index (χ0) is 20.0. The van der Waals surface area contributed by atoms with Crippen molar-refractivity contribution in [1.82, 2.24) is 15.1 Å². The molecule has 0 saturated heterocycles. The molecule has 1 heterocycles. The quantitative estimate of drug-likeness (QED) is 0.582. The molecule has 1 N–H and O–H groups in total. The van der Waals surface area contributed by atoms with E-state index in [1.165, 1.54) is 18.6 Å². The molecule has 0 aliphatic heterocycles. The van der Waals surface area contributed by atoms with Crippen LogP contribution in [0.1, 0.15) is 36.2 Å². The van der Waals surface area contributed by atoms with Gasteiger partial charge in [-0.1, -0.05) is 41.4 Å². The van der Waals surface area contributed by atoms with E-state index in [0.29, 0.717) is 29.5 Å². The summed E-state index contributed by atoms with van der Waals surface area (Å²) in [6.45, 7) is 8.18. The van der Waals surface area contributed by atoms with E-state index in [1.807, 2.05) is 38.1 Å². The van der Waals surface area contributed by atoms with Gasteiger partial charge in [0.2, 0.25) is 0 Å². The molecule has 0 bridgehead atoms. The fraction of sp³-hybridized carbons (Fsp3) is 0.350. The Hall–Kier alpha value is -2.60. The van der Waals surface area contributed by atoms with Gasteiger partial charge < -0.3 is 10.1 Å². The highest BCUT2D eigenvalue weighted by atomic mass is 35.5. The van der Waals surface area contributed by atoms with Crippen molar-refractivity contribution in [2.45, 2.75) is 40.3 Å². The lowest BCUT2D eigenvalue weighted by molar-refractivity contribution is -0.150. The second-order valence-electron chi connectivity index (χ2n) is 6.24. The maximum absolute atomic E-state index is 11.9. The monoisotopic (exact) mass is 389 g/mol. The van der Waals surface area contributed by atoms with Gasteiger partial charge in [0.25, 0.3) is 5.91 Å². The summed E-state index contributed by atoms with van der Waals surface area (Å²) in [6, 6.07) is 8.12. The van der Waals surface area contributed by atoms with Crippen molar-refractivity contribution in [3.05, 3.63) is 57.9 Å². The number of nitrogens with one attached hydrogen (secondary N) is 1. The summed E-state index contributed by atoms with van der Waals surface area (Å²) < 4.78 is 6.76. The standard InChI is InChI=1S/C20H24ClN3O3/c1-5-22-20(26)15(4)27-18(25)11-10-17-14(3)23-24(19(17)21)12-16-8-6-13(2)7-9-16/h6-11,15H,5,12H2,1-4H3,(H,22,26)/b11-10+/t15-/m1/s1. The molecule has 0 fully saturated rings. The normalized spacial score (nSPS) is 12.2. The van der Waals surface area contributed by atoms with Crippen LogP contribution in [-0.2, 0) is 20.9 Å². The van der Waals surface area contributed by atoms with E-state index in [1.54, 1.807) is 17.7 Å². The van der Waals surface area contributed by atoms with Crippen molar-refractivity contribution in [3.63, 3.8) is 0 Å². The van der Waals surface area contributed by atoms with Crippen LogP contribution in [0, 0.1) is 13.8 Å². The van der Waals surface area contributed by atoms with Gasteiger partial charge in [0.1, 0.15) is 5.15 Å². The summed E-state index contributed by atoms with van der Waals surface area (Å²) in [5.41, 5.74) is 3.61. The van der Waals surface area contributed by atoms with E-state index < -0.39 is 12.1 Å². The maximum atomic E-state index is 11.9. The SMILES string of the molecule is CCNC(=O)[C@@H](C)OC(=O)/C=C/c1c(C)nn(Cc2ccc(C)cc2)c1Cl. The summed E-state index contributed by atoms with van der Waals surface area (Å²) >= 11 is 6.42. The topological polar surface area (TPSA) is 73.2 Å². The molecule has 0 unspecified atom stereocenters. The zero-order valence-corrected chi connectivity index (χ0v) is 16.7. The first-order chi connectivity index (χ1) is 12.8. The number of carbonyl (C=O) groups excluding carboxylic acids is 2. The first-order valence-corrected chi connectivity index (χ1v) is 9.14. The molecule has 1 amide bonds. The van der Waals surface area contributed by atoms with Crippen LogP contribution < -0.4 is 5.32 Å². The third kappa shape index (κ3) is 5.69. The minimum absolute atomic E-state index is 0.334. The molecule has 1 aromatic carbocycles. The number of esters is 1. The van der Waals surface area contributed by atoms with Gasteiger partial charge in [0.05, 0.1) is 12.2 Å². The van der Waals surface area contributed by atoms with Gasteiger partial charge in [-0.15, -0.1) is 0 Å². The van der Waals surface area contributed by atoms with Crippen molar-refractivity contribution in [2.24, 2.45) is 0 Å². The summed E-state index contributed by atoms with van der Waals surface area (Å²) in [5, 5.41) is 7.47. The molecule has 0 radical (unpaired) electrons. The number of rotatable bonds is 7. The number of hydrogen-bond donors (Lipinski definition) is 1. The van der Waals surface area contributed by atoms with Crippen LogP contribution in [0.15, 0.2) is 30.3 Å². The highest BCUT2D eigenvalue weighted by Crippen LogP contribution is 2.22. The molecule has 0 aliphatic carbocycles. The summed E-state index contributed by atoms with van der Waals surface area (Å²) in [6.07, 6.45) is 1.95. The van der Waals surface area contributed by atoms with Crippen LogP contribution in [0.25, 0.3) is 6.08 Å². The molecule has 0 aliphatic rings. The van der Waals surface area contributed by atoms with Gasteiger partial charge in [-0.25, -0.2) is 9.48 Å². The van der Waals surface area contributed by atoms with Crippen molar-refractivity contribution in [2.75, 3.05) is 6.54 Å². The lowest BCUT2D eigenvalue weighted by atomic mass is 10.1. The predicted octanol–water partition coefficient (Wildman–Crippen LogP) is 3.28. The van der Waals surface area contributed by atoms with Crippen LogP contribution >= 0.6 is 11.6 Å². The number of aromatic nitrogens is 2. The smallest absolute Gasteiger partial charge is 0.331 e. The molecular formula is C20H24ClN3O3. The Morgan fingerprint density at radius 2 is 1.96 bits per heavy atom. The Labute approximate surface area is 164 Å². The van der Waals surface area contributed by atoms with Gasteiger partial charge in [0.15, 0.2) is 6.10 Å². The number of amides is 1. The van der Waals surface area contributed by atoms with Gasteiger partial charge >= 0.3 is 5.97 Å². The minimum Gasteiger partial charge on any atom is -0.449 e.